The van der Waals surface area contributed by atoms with Gasteiger partial charge in [-0.3, -0.25) is 4.79 Å². The number of thioether (sulfide) groups is 1. The molecule has 0 fully saturated rings. The second-order valence-corrected chi connectivity index (χ2v) is 10.2. The van der Waals surface area contributed by atoms with Crippen LogP contribution in [0.4, 0.5) is 11.5 Å². The molecule has 5 rings (SSSR count). The molecule has 0 aliphatic carbocycles. The minimum atomic E-state index is -0.313. The largest absolute Gasteiger partial charge is 0.369 e. The maximum absolute atomic E-state index is 13.4. The zero-order valence-electron chi connectivity index (χ0n) is 19.6. The highest BCUT2D eigenvalue weighted by Gasteiger charge is 2.17. The van der Waals surface area contributed by atoms with E-state index in [2.05, 4.69) is 32.5 Å². The number of thiazole rings is 1. The van der Waals surface area contributed by atoms with Crippen molar-refractivity contribution in [2.24, 2.45) is 0 Å². The number of hydrogen-bond donors (Lipinski definition) is 2. The zero-order chi connectivity index (χ0) is 24.7. The lowest BCUT2D eigenvalue weighted by molar-refractivity contribution is 0.102. The van der Waals surface area contributed by atoms with Gasteiger partial charge >= 0.3 is 0 Å². The third-order valence-electron chi connectivity index (χ3n) is 5.32. The van der Waals surface area contributed by atoms with Gasteiger partial charge in [-0.1, -0.05) is 60.7 Å². The van der Waals surface area contributed by atoms with Crippen LogP contribution in [0.1, 0.15) is 17.4 Å². The molecule has 7 nitrogen and oxygen atoms in total. The number of carbonyl (C=O) groups is 1. The number of hydrogen-bond acceptors (Lipinski definition) is 8. The van der Waals surface area contributed by atoms with E-state index in [1.165, 1.54) is 11.3 Å². The number of anilines is 2. The zero-order valence-corrected chi connectivity index (χ0v) is 21.3. The predicted octanol–water partition coefficient (Wildman–Crippen LogP) is 6.23. The molecule has 0 bridgehead atoms. The molecule has 0 saturated heterocycles. The van der Waals surface area contributed by atoms with E-state index in [9.17, 15) is 4.79 Å². The van der Waals surface area contributed by atoms with Crippen LogP contribution in [0.3, 0.4) is 0 Å². The summed E-state index contributed by atoms with van der Waals surface area (Å²) < 4.78 is 0. The van der Waals surface area contributed by atoms with E-state index in [4.69, 9.17) is 4.98 Å². The van der Waals surface area contributed by atoms with Crippen LogP contribution in [0.5, 0.6) is 0 Å². The molecule has 5 aromatic rings. The standard InChI is InChI=1S/C27H24N6OS2/c1-2-35-16-15-28-23-17-22(30-24(33-23)18-9-4-3-5-10-18)25(34)31-20-12-7-6-11-19(20)26-32-21-13-8-14-29-27(21)36-26/h3-14,17H,2,15-16H2,1H3,(H,31,34)(H,28,30,33). The molecule has 2 N–H and O–H groups in total. The molecule has 9 heteroatoms. The van der Waals surface area contributed by atoms with Crippen molar-refractivity contribution >= 4 is 50.9 Å². The van der Waals surface area contributed by atoms with Gasteiger partial charge in [0.2, 0.25) is 0 Å². The molecule has 36 heavy (non-hydrogen) atoms. The molecule has 3 aromatic heterocycles. The maximum Gasteiger partial charge on any atom is 0.274 e. The normalized spacial score (nSPS) is 10.9. The molecule has 0 aliphatic heterocycles. The fraction of sp³-hybridized carbons (Fsp3) is 0.148. The lowest BCUT2D eigenvalue weighted by Gasteiger charge is -2.12. The van der Waals surface area contributed by atoms with Crippen molar-refractivity contribution in [3.63, 3.8) is 0 Å². The smallest absolute Gasteiger partial charge is 0.274 e. The molecule has 0 unspecified atom stereocenters. The maximum atomic E-state index is 13.4. The Morgan fingerprint density at radius 1 is 0.972 bits per heavy atom. The Bertz CT molecular complexity index is 1460. The lowest BCUT2D eigenvalue weighted by Crippen LogP contribution is -2.16. The minimum absolute atomic E-state index is 0.287. The predicted molar refractivity (Wildman–Crippen MR) is 150 cm³/mol. The summed E-state index contributed by atoms with van der Waals surface area (Å²) in [5, 5.41) is 7.17. The van der Waals surface area contributed by atoms with E-state index < -0.39 is 0 Å². The topological polar surface area (TPSA) is 92.7 Å². The van der Waals surface area contributed by atoms with Gasteiger partial charge < -0.3 is 10.6 Å². The van der Waals surface area contributed by atoms with Crippen LogP contribution in [0.25, 0.3) is 32.3 Å². The Morgan fingerprint density at radius 3 is 2.64 bits per heavy atom. The number of amides is 1. The third-order valence-corrected chi connectivity index (χ3v) is 7.23. The summed E-state index contributed by atoms with van der Waals surface area (Å²) in [5.41, 5.74) is 3.46. The molecule has 180 valence electrons. The van der Waals surface area contributed by atoms with Gasteiger partial charge in [0.1, 0.15) is 26.9 Å². The fourth-order valence-corrected chi connectivity index (χ4v) is 5.10. The molecule has 2 aromatic carbocycles. The highest BCUT2D eigenvalue weighted by Crippen LogP contribution is 2.33. The number of carbonyl (C=O) groups excluding carboxylic acids is 1. The molecule has 0 atom stereocenters. The second kappa shape index (κ2) is 11.3. The number of nitrogens with zero attached hydrogens (tertiary/aromatic N) is 4. The highest BCUT2D eigenvalue weighted by molar-refractivity contribution is 7.99. The molecule has 0 spiro atoms. The highest BCUT2D eigenvalue weighted by atomic mass is 32.2. The molecule has 3 heterocycles. The summed E-state index contributed by atoms with van der Waals surface area (Å²) in [6.45, 7) is 2.88. The van der Waals surface area contributed by atoms with Gasteiger partial charge in [-0.15, -0.1) is 0 Å². The quantitative estimate of drug-likeness (QED) is 0.226. The number of rotatable bonds is 9. The van der Waals surface area contributed by atoms with E-state index in [-0.39, 0.29) is 11.6 Å². The SMILES string of the molecule is CCSCCNc1cc(C(=O)Nc2ccccc2-c2nc3cccnc3s2)nc(-c2ccccc2)n1. The Morgan fingerprint density at radius 2 is 1.81 bits per heavy atom. The van der Waals surface area contributed by atoms with Crippen molar-refractivity contribution in [3.05, 3.63) is 84.7 Å². The van der Waals surface area contributed by atoms with Gasteiger partial charge in [0.15, 0.2) is 5.82 Å². The van der Waals surface area contributed by atoms with E-state index in [1.807, 2.05) is 78.5 Å². The summed E-state index contributed by atoms with van der Waals surface area (Å²) >= 11 is 3.34. The molecular formula is C27H24N6OS2. The summed E-state index contributed by atoms with van der Waals surface area (Å²) in [6.07, 6.45) is 1.75. The second-order valence-electron chi connectivity index (χ2n) is 7.80. The van der Waals surface area contributed by atoms with Gasteiger partial charge in [-0.25, -0.2) is 19.9 Å². The van der Waals surface area contributed by atoms with E-state index in [1.54, 1.807) is 12.3 Å². The van der Waals surface area contributed by atoms with E-state index in [0.717, 1.165) is 44.5 Å². The first-order valence-electron chi connectivity index (χ1n) is 11.6. The van der Waals surface area contributed by atoms with Crippen LogP contribution < -0.4 is 10.6 Å². The monoisotopic (exact) mass is 512 g/mol. The number of fused-ring (bicyclic) bond motifs is 1. The Hall–Kier alpha value is -3.82. The third kappa shape index (κ3) is 5.53. The number of aromatic nitrogens is 4. The van der Waals surface area contributed by atoms with Gasteiger partial charge in [0.25, 0.3) is 5.91 Å². The van der Waals surface area contributed by atoms with Crippen molar-refractivity contribution in [3.8, 4) is 22.0 Å². The number of benzene rings is 2. The van der Waals surface area contributed by atoms with Crippen molar-refractivity contribution in [2.45, 2.75) is 6.92 Å². The molecular weight excluding hydrogens is 488 g/mol. The van der Waals surface area contributed by atoms with Gasteiger partial charge in [0, 0.05) is 35.7 Å². The summed E-state index contributed by atoms with van der Waals surface area (Å²) in [4.78, 5) is 32.6. The Balaban J connectivity index is 1.45. The number of para-hydroxylation sites is 1. The molecule has 0 aliphatic rings. The van der Waals surface area contributed by atoms with Crippen LogP contribution in [0.15, 0.2) is 79.0 Å². The van der Waals surface area contributed by atoms with Gasteiger partial charge in [0.05, 0.1) is 5.69 Å². The number of nitrogens with one attached hydrogen (secondary N) is 2. The lowest BCUT2D eigenvalue weighted by atomic mass is 10.1. The first kappa shape index (κ1) is 23.9. The van der Waals surface area contributed by atoms with Crippen LogP contribution in [-0.2, 0) is 0 Å². The van der Waals surface area contributed by atoms with Crippen molar-refractivity contribution < 1.29 is 4.79 Å². The van der Waals surface area contributed by atoms with Gasteiger partial charge in [-0.2, -0.15) is 11.8 Å². The van der Waals surface area contributed by atoms with Crippen LogP contribution in [-0.4, -0.2) is 43.9 Å². The summed E-state index contributed by atoms with van der Waals surface area (Å²) in [7, 11) is 0. The van der Waals surface area contributed by atoms with Gasteiger partial charge in [-0.05, 0) is 30.0 Å². The van der Waals surface area contributed by atoms with Crippen molar-refractivity contribution in [1.82, 2.24) is 19.9 Å². The molecule has 0 saturated carbocycles. The molecule has 1 amide bonds. The minimum Gasteiger partial charge on any atom is -0.369 e. The first-order valence-corrected chi connectivity index (χ1v) is 13.6. The Kier molecular flexibility index (Phi) is 7.49. The number of pyridine rings is 1. The van der Waals surface area contributed by atoms with Crippen molar-refractivity contribution in [1.29, 1.82) is 0 Å². The van der Waals surface area contributed by atoms with Crippen LogP contribution in [0.2, 0.25) is 0 Å². The van der Waals surface area contributed by atoms with Crippen molar-refractivity contribution in [2.75, 3.05) is 28.7 Å². The van der Waals surface area contributed by atoms with E-state index in [0.29, 0.717) is 17.3 Å². The Labute approximate surface area is 217 Å². The average molecular weight is 513 g/mol. The summed E-state index contributed by atoms with van der Waals surface area (Å²) in [5.74, 6) is 2.81. The van der Waals surface area contributed by atoms with Crippen LogP contribution in [0, 0.1) is 0 Å². The van der Waals surface area contributed by atoms with Crippen LogP contribution >= 0.6 is 23.1 Å². The summed E-state index contributed by atoms with van der Waals surface area (Å²) in [6, 6.07) is 22.8. The van der Waals surface area contributed by atoms with E-state index >= 15 is 0 Å². The molecule has 0 radical (unpaired) electrons. The average Bonchev–Trinajstić information content (AvgIpc) is 3.36. The fourth-order valence-electron chi connectivity index (χ4n) is 3.62. The first-order chi connectivity index (χ1) is 17.7.